The second-order valence-corrected chi connectivity index (χ2v) is 6.13. The molecular weight excluding hydrogens is 354 g/mol. The molecule has 0 fully saturated rings. The van der Waals surface area contributed by atoms with Crippen molar-refractivity contribution in [1.29, 1.82) is 0 Å². The number of fused-ring (bicyclic) bond motifs is 1. The van der Waals surface area contributed by atoms with Crippen LogP contribution in [-0.4, -0.2) is 5.21 Å². The van der Waals surface area contributed by atoms with E-state index in [0.717, 1.165) is 22.1 Å². The summed E-state index contributed by atoms with van der Waals surface area (Å²) in [4.78, 5) is 12.0. The predicted octanol–water partition coefficient (Wildman–Crippen LogP) is 4.82. The first-order chi connectivity index (χ1) is 13.7. The highest BCUT2D eigenvalue weighted by molar-refractivity contribution is 5.93. The quantitative estimate of drug-likeness (QED) is 0.299. The minimum Gasteiger partial charge on any atom is -0.463 e. The molecule has 4 rings (SSSR count). The van der Waals surface area contributed by atoms with Gasteiger partial charge in [-0.25, -0.2) is 4.79 Å². The Balaban J connectivity index is 1.71. The van der Waals surface area contributed by atoms with Gasteiger partial charge in [-0.2, -0.15) is 0 Å². The van der Waals surface area contributed by atoms with E-state index >= 15 is 0 Å². The van der Waals surface area contributed by atoms with Gasteiger partial charge in [-0.1, -0.05) is 60.7 Å². The number of benzene rings is 3. The van der Waals surface area contributed by atoms with E-state index in [2.05, 4.69) is 5.48 Å². The van der Waals surface area contributed by atoms with E-state index < -0.39 is 5.63 Å². The van der Waals surface area contributed by atoms with Crippen LogP contribution >= 0.6 is 0 Å². The summed E-state index contributed by atoms with van der Waals surface area (Å²) in [6.45, 7) is 0. The largest absolute Gasteiger partial charge is 0.463 e. The zero-order chi connectivity index (χ0) is 19.3. The zero-order valence-electron chi connectivity index (χ0n) is 14.8. The molecule has 5 heteroatoms. The van der Waals surface area contributed by atoms with Crippen LogP contribution in [0.3, 0.4) is 0 Å². The SMILES string of the molecule is O=c1cc(-c2ccccc2)c2ccc(O/C=C(\NO)c3ccccc3)cc2o1. The molecule has 0 aliphatic rings. The molecule has 0 spiro atoms. The van der Waals surface area contributed by atoms with Crippen molar-refractivity contribution in [3.63, 3.8) is 0 Å². The molecule has 0 aliphatic carbocycles. The molecule has 3 aromatic carbocycles. The third-order valence-corrected chi connectivity index (χ3v) is 4.32. The summed E-state index contributed by atoms with van der Waals surface area (Å²) in [6.07, 6.45) is 1.40. The summed E-state index contributed by atoms with van der Waals surface area (Å²) in [5, 5.41) is 10.2. The molecule has 1 aromatic heterocycles. The first-order valence-corrected chi connectivity index (χ1v) is 8.70. The number of rotatable bonds is 5. The van der Waals surface area contributed by atoms with Gasteiger partial charge >= 0.3 is 5.63 Å². The van der Waals surface area contributed by atoms with Crippen LogP contribution in [0.25, 0.3) is 27.8 Å². The van der Waals surface area contributed by atoms with Gasteiger partial charge in [0.05, 0.1) is 0 Å². The molecule has 28 heavy (non-hydrogen) atoms. The molecule has 2 N–H and O–H groups in total. The Morgan fingerprint density at radius 2 is 1.64 bits per heavy atom. The smallest absolute Gasteiger partial charge is 0.336 e. The van der Waals surface area contributed by atoms with Gasteiger partial charge in [0.15, 0.2) is 0 Å². The van der Waals surface area contributed by atoms with E-state index in [9.17, 15) is 10.0 Å². The lowest BCUT2D eigenvalue weighted by Crippen LogP contribution is -2.06. The molecule has 1 heterocycles. The van der Waals surface area contributed by atoms with Crippen molar-refractivity contribution in [2.45, 2.75) is 0 Å². The standard InChI is InChI=1S/C23H17NO4/c25-23-14-20(16-7-3-1-4-8-16)19-12-11-18(13-22(19)28-23)27-15-21(24-26)17-9-5-2-6-10-17/h1-15,24,26H/b21-15-. The molecule has 4 aromatic rings. The third-order valence-electron chi connectivity index (χ3n) is 4.32. The van der Waals surface area contributed by atoms with Crippen LogP contribution < -0.4 is 15.8 Å². The lowest BCUT2D eigenvalue weighted by Gasteiger charge is -2.09. The van der Waals surface area contributed by atoms with Gasteiger partial charge in [0.1, 0.15) is 23.3 Å². The molecule has 0 radical (unpaired) electrons. The number of hydroxylamine groups is 1. The fraction of sp³-hybridized carbons (Fsp3) is 0. The average Bonchev–Trinajstić information content (AvgIpc) is 2.75. The van der Waals surface area contributed by atoms with Crippen LogP contribution in [0.5, 0.6) is 5.75 Å². The topological polar surface area (TPSA) is 71.7 Å². The summed E-state index contributed by atoms with van der Waals surface area (Å²) < 4.78 is 11.0. The highest BCUT2D eigenvalue weighted by Crippen LogP contribution is 2.29. The van der Waals surface area contributed by atoms with Crippen molar-refractivity contribution in [3.8, 4) is 16.9 Å². The van der Waals surface area contributed by atoms with Crippen LogP contribution in [0.15, 0.2) is 100 Å². The maximum Gasteiger partial charge on any atom is 0.336 e. The van der Waals surface area contributed by atoms with E-state index in [4.69, 9.17) is 9.15 Å². The molecule has 0 saturated carbocycles. The van der Waals surface area contributed by atoms with Crippen molar-refractivity contribution < 1.29 is 14.4 Å². The number of hydrogen-bond donors (Lipinski definition) is 2. The first kappa shape index (κ1) is 17.6. The molecule has 0 bridgehead atoms. The summed E-state index contributed by atoms with van der Waals surface area (Å²) >= 11 is 0. The summed E-state index contributed by atoms with van der Waals surface area (Å²) in [5.74, 6) is 0.476. The lowest BCUT2D eigenvalue weighted by molar-refractivity contribution is 0.222. The van der Waals surface area contributed by atoms with E-state index in [1.54, 1.807) is 12.1 Å². The van der Waals surface area contributed by atoms with Gasteiger partial charge in [0.2, 0.25) is 0 Å². The van der Waals surface area contributed by atoms with Gasteiger partial charge in [-0.3, -0.25) is 10.7 Å². The molecule has 0 amide bonds. The lowest BCUT2D eigenvalue weighted by atomic mass is 10.0. The van der Waals surface area contributed by atoms with E-state index in [1.165, 1.54) is 12.3 Å². The van der Waals surface area contributed by atoms with E-state index in [-0.39, 0.29) is 0 Å². The Morgan fingerprint density at radius 3 is 2.36 bits per heavy atom. The van der Waals surface area contributed by atoms with E-state index in [0.29, 0.717) is 17.0 Å². The second-order valence-electron chi connectivity index (χ2n) is 6.13. The molecule has 138 valence electrons. The van der Waals surface area contributed by atoms with Crippen molar-refractivity contribution in [1.82, 2.24) is 5.48 Å². The van der Waals surface area contributed by atoms with Gasteiger partial charge < -0.3 is 9.15 Å². The van der Waals surface area contributed by atoms with Crippen LogP contribution in [0.1, 0.15) is 5.56 Å². The third kappa shape index (κ3) is 3.65. The van der Waals surface area contributed by atoms with Crippen LogP contribution in [0, 0.1) is 0 Å². The summed E-state index contributed by atoms with van der Waals surface area (Å²) in [5.41, 5.74) is 5.03. The molecular formula is C23H17NO4. The van der Waals surface area contributed by atoms with Gasteiger partial charge in [0, 0.05) is 23.1 Å². The van der Waals surface area contributed by atoms with Crippen molar-refractivity contribution in [2.75, 3.05) is 0 Å². The fourth-order valence-electron chi connectivity index (χ4n) is 2.98. The molecule has 0 aliphatic heterocycles. The monoisotopic (exact) mass is 371 g/mol. The van der Waals surface area contributed by atoms with Gasteiger partial charge in [0.25, 0.3) is 0 Å². The molecule has 0 atom stereocenters. The highest BCUT2D eigenvalue weighted by Gasteiger charge is 2.09. The van der Waals surface area contributed by atoms with Gasteiger partial charge in [-0.15, -0.1) is 0 Å². The van der Waals surface area contributed by atoms with E-state index in [1.807, 2.05) is 66.7 Å². The van der Waals surface area contributed by atoms with Crippen molar-refractivity contribution >= 4 is 16.7 Å². The number of ether oxygens (including phenoxy) is 1. The maximum atomic E-state index is 12.0. The Kier molecular flexibility index (Phi) is 4.91. The van der Waals surface area contributed by atoms with Gasteiger partial charge in [-0.05, 0) is 23.3 Å². The molecule has 0 unspecified atom stereocenters. The molecule has 5 nitrogen and oxygen atoms in total. The van der Waals surface area contributed by atoms with Crippen LogP contribution in [0.4, 0.5) is 0 Å². The average molecular weight is 371 g/mol. The van der Waals surface area contributed by atoms with Crippen LogP contribution in [-0.2, 0) is 0 Å². The maximum absolute atomic E-state index is 12.0. The molecule has 0 saturated heterocycles. The predicted molar refractivity (Wildman–Crippen MR) is 108 cm³/mol. The minimum atomic E-state index is -0.430. The Morgan fingerprint density at radius 1 is 0.929 bits per heavy atom. The van der Waals surface area contributed by atoms with Crippen molar-refractivity contribution in [2.24, 2.45) is 0 Å². The Bertz CT molecular complexity index is 1180. The Labute approximate surface area is 161 Å². The minimum absolute atomic E-state index is 0.403. The fourth-order valence-corrected chi connectivity index (χ4v) is 2.98. The summed E-state index contributed by atoms with van der Waals surface area (Å²) in [7, 11) is 0. The first-order valence-electron chi connectivity index (χ1n) is 8.70. The number of nitrogens with one attached hydrogen (secondary N) is 1. The zero-order valence-corrected chi connectivity index (χ0v) is 14.8. The number of hydrogen-bond acceptors (Lipinski definition) is 5. The normalized spacial score (nSPS) is 11.4. The highest BCUT2D eigenvalue weighted by atomic mass is 16.5. The Hall–Kier alpha value is -3.83. The van der Waals surface area contributed by atoms with Crippen LogP contribution in [0.2, 0.25) is 0 Å². The second kappa shape index (κ2) is 7.82. The van der Waals surface area contributed by atoms with Crippen molar-refractivity contribution in [3.05, 3.63) is 107 Å². The summed E-state index contributed by atoms with van der Waals surface area (Å²) in [6, 6.07) is 25.7.